The summed E-state index contributed by atoms with van der Waals surface area (Å²) in [6.07, 6.45) is 2.34. The Bertz CT molecular complexity index is 446. The SMILES string of the molecule is CCC1NCCC1(C)c1ccc2c(c1)OCCO2. The van der Waals surface area contributed by atoms with Gasteiger partial charge in [-0.25, -0.2) is 0 Å². The van der Waals surface area contributed by atoms with Crippen LogP contribution in [0.3, 0.4) is 0 Å². The summed E-state index contributed by atoms with van der Waals surface area (Å²) < 4.78 is 11.3. The molecule has 0 amide bonds. The van der Waals surface area contributed by atoms with Crippen molar-refractivity contribution >= 4 is 0 Å². The van der Waals surface area contributed by atoms with Crippen molar-refractivity contribution in [2.75, 3.05) is 19.8 Å². The molecule has 3 heteroatoms. The first-order valence-electron chi connectivity index (χ1n) is 6.87. The van der Waals surface area contributed by atoms with E-state index in [1.807, 2.05) is 0 Å². The summed E-state index contributed by atoms with van der Waals surface area (Å²) in [4.78, 5) is 0. The van der Waals surface area contributed by atoms with Gasteiger partial charge in [-0.05, 0) is 37.1 Å². The third-order valence-electron chi connectivity index (χ3n) is 4.41. The lowest BCUT2D eigenvalue weighted by molar-refractivity contribution is 0.171. The van der Waals surface area contributed by atoms with Gasteiger partial charge < -0.3 is 14.8 Å². The Morgan fingerprint density at radius 3 is 2.83 bits per heavy atom. The van der Waals surface area contributed by atoms with Crippen LogP contribution in [0.15, 0.2) is 18.2 Å². The molecule has 98 valence electrons. The molecule has 1 saturated heterocycles. The van der Waals surface area contributed by atoms with Crippen molar-refractivity contribution in [1.29, 1.82) is 0 Å². The highest BCUT2D eigenvalue weighted by atomic mass is 16.6. The molecule has 0 spiro atoms. The zero-order chi connectivity index (χ0) is 12.6. The van der Waals surface area contributed by atoms with Gasteiger partial charge in [0.05, 0.1) is 0 Å². The fourth-order valence-corrected chi connectivity index (χ4v) is 3.24. The van der Waals surface area contributed by atoms with Crippen molar-refractivity contribution in [3.63, 3.8) is 0 Å². The largest absolute Gasteiger partial charge is 0.486 e. The smallest absolute Gasteiger partial charge is 0.161 e. The van der Waals surface area contributed by atoms with Crippen LogP contribution in [0.5, 0.6) is 11.5 Å². The van der Waals surface area contributed by atoms with E-state index >= 15 is 0 Å². The quantitative estimate of drug-likeness (QED) is 0.871. The van der Waals surface area contributed by atoms with Crippen molar-refractivity contribution in [2.45, 2.75) is 38.1 Å². The van der Waals surface area contributed by atoms with Gasteiger partial charge in [0, 0.05) is 11.5 Å². The Morgan fingerprint density at radius 1 is 1.28 bits per heavy atom. The lowest BCUT2D eigenvalue weighted by Crippen LogP contribution is -2.37. The maximum atomic E-state index is 5.69. The third-order valence-corrected chi connectivity index (χ3v) is 4.41. The van der Waals surface area contributed by atoms with Crippen LogP contribution in [0.25, 0.3) is 0 Å². The van der Waals surface area contributed by atoms with Crippen molar-refractivity contribution in [1.82, 2.24) is 5.32 Å². The standard InChI is InChI=1S/C15H21NO2/c1-3-14-15(2,6-7-16-14)11-4-5-12-13(10-11)18-9-8-17-12/h4-5,10,14,16H,3,6-9H2,1-2H3. The van der Waals surface area contributed by atoms with Gasteiger partial charge in [-0.3, -0.25) is 0 Å². The van der Waals surface area contributed by atoms with Crippen LogP contribution >= 0.6 is 0 Å². The highest BCUT2D eigenvalue weighted by molar-refractivity contribution is 5.46. The number of fused-ring (bicyclic) bond motifs is 1. The molecule has 1 aromatic carbocycles. The molecule has 0 aliphatic carbocycles. The summed E-state index contributed by atoms with van der Waals surface area (Å²) >= 11 is 0. The number of ether oxygens (including phenoxy) is 2. The zero-order valence-corrected chi connectivity index (χ0v) is 11.2. The molecule has 2 aliphatic rings. The predicted octanol–water partition coefficient (Wildman–Crippen LogP) is 2.49. The van der Waals surface area contributed by atoms with Crippen molar-refractivity contribution in [3.05, 3.63) is 23.8 Å². The van der Waals surface area contributed by atoms with Gasteiger partial charge >= 0.3 is 0 Å². The number of hydrogen-bond donors (Lipinski definition) is 1. The molecule has 2 unspecified atom stereocenters. The minimum absolute atomic E-state index is 0.213. The molecular weight excluding hydrogens is 226 g/mol. The molecule has 0 aromatic heterocycles. The van der Waals surface area contributed by atoms with E-state index in [-0.39, 0.29) is 5.41 Å². The first-order valence-corrected chi connectivity index (χ1v) is 6.87. The predicted molar refractivity (Wildman–Crippen MR) is 71.5 cm³/mol. The molecule has 2 heterocycles. The molecular formula is C15H21NO2. The van der Waals surface area contributed by atoms with Gasteiger partial charge in [-0.1, -0.05) is 19.9 Å². The molecule has 0 bridgehead atoms. The normalized spacial score (nSPS) is 30.4. The van der Waals surface area contributed by atoms with Gasteiger partial charge in [0.2, 0.25) is 0 Å². The van der Waals surface area contributed by atoms with E-state index < -0.39 is 0 Å². The zero-order valence-electron chi connectivity index (χ0n) is 11.2. The highest BCUT2D eigenvalue weighted by Crippen LogP contribution is 2.40. The lowest BCUT2D eigenvalue weighted by Gasteiger charge is -2.32. The van der Waals surface area contributed by atoms with Gasteiger partial charge in [0.1, 0.15) is 13.2 Å². The third kappa shape index (κ3) is 1.77. The van der Waals surface area contributed by atoms with Crippen LogP contribution in [0.1, 0.15) is 32.3 Å². The molecule has 3 rings (SSSR count). The Morgan fingerprint density at radius 2 is 2.06 bits per heavy atom. The van der Waals surface area contributed by atoms with Crippen LogP contribution in [0.4, 0.5) is 0 Å². The molecule has 3 nitrogen and oxygen atoms in total. The Labute approximate surface area is 108 Å². The maximum Gasteiger partial charge on any atom is 0.161 e. The lowest BCUT2D eigenvalue weighted by atomic mass is 9.75. The van der Waals surface area contributed by atoms with E-state index in [9.17, 15) is 0 Å². The fourth-order valence-electron chi connectivity index (χ4n) is 3.24. The Balaban J connectivity index is 1.96. The van der Waals surface area contributed by atoms with Crippen LogP contribution in [-0.2, 0) is 5.41 Å². The van der Waals surface area contributed by atoms with Crippen LogP contribution in [0, 0.1) is 0 Å². The van der Waals surface area contributed by atoms with Crippen LogP contribution in [0.2, 0.25) is 0 Å². The molecule has 1 fully saturated rings. The van der Waals surface area contributed by atoms with E-state index in [1.54, 1.807) is 0 Å². The molecule has 1 aromatic rings. The summed E-state index contributed by atoms with van der Waals surface area (Å²) in [5.74, 6) is 1.79. The number of hydrogen-bond acceptors (Lipinski definition) is 3. The maximum absolute atomic E-state index is 5.69. The van der Waals surface area contributed by atoms with Crippen LogP contribution < -0.4 is 14.8 Å². The average Bonchev–Trinajstić information content (AvgIpc) is 2.80. The molecule has 0 saturated carbocycles. The first-order chi connectivity index (χ1) is 8.74. The molecule has 2 aliphatic heterocycles. The number of benzene rings is 1. The van der Waals surface area contributed by atoms with Gasteiger partial charge in [-0.2, -0.15) is 0 Å². The second-order valence-electron chi connectivity index (χ2n) is 5.44. The fraction of sp³-hybridized carbons (Fsp3) is 0.600. The van der Waals surface area contributed by atoms with Crippen LogP contribution in [-0.4, -0.2) is 25.8 Å². The van der Waals surface area contributed by atoms with Gasteiger partial charge in [0.25, 0.3) is 0 Å². The average molecular weight is 247 g/mol. The summed E-state index contributed by atoms with van der Waals surface area (Å²) in [5.41, 5.74) is 1.58. The number of rotatable bonds is 2. The first kappa shape index (κ1) is 11.8. The van der Waals surface area contributed by atoms with E-state index in [0.717, 1.165) is 24.5 Å². The highest BCUT2D eigenvalue weighted by Gasteiger charge is 2.39. The minimum Gasteiger partial charge on any atom is -0.486 e. The minimum atomic E-state index is 0.213. The molecule has 18 heavy (non-hydrogen) atoms. The van der Waals surface area contributed by atoms with Gasteiger partial charge in [0.15, 0.2) is 11.5 Å². The second kappa shape index (κ2) is 4.47. The van der Waals surface area contributed by atoms with E-state index in [1.165, 1.54) is 12.0 Å². The van der Waals surface area contributed by atoms with E-state index in [2.05, 4.69) is 37.4 Å². The van der Waals surface area contributed by atoms with Crippen molar-refractivity contribution in [3.8, 4) is 11.5 Å². The summed E-state index contributed by atoms with van der Waals surface area (Å²) in [7, 11) is 0. The van der Waals surface area contributed by atoms with Gasteiger partial charge in [-0.15, -0.1) is 0 Å². The van der Waals surface area contributed by atoms with E-state index in [0.29, 0.717) is 19.3 Å². The van der Waals surface area contributed by atoms with Crippen molar-refractivity contribution < 1.29 is 9.47 Å². The molecule has 2 atom stereocenters. The molecule has 1 N–H and O–H groups in total. The summed E-state index contributed by atoms with van der Waals surface area (Å²) in [6.45, 7) is 7.01. The second-order valence-corrected chi connectivity index (χ2v) is 5.44. The molecule has 0 radical (unpaired) electrons. The summed E-state index contributed by atoms with van der Waals surface area (Å²) in [5, 5.41) is 3.60. The van der Waals surface area contributed by atoms with Crippen molar-refractivity contribution in [2.24, 2.45) is 0 Å². The topological polar surface area (TPSA) is 30.5 Å². The summed E-state index contributed by atoms with van der Waals surface area (Å²) in [6, 6.07) is 6.98. The number of nitrogens with one attached hydrogen (secondary N) is 1. The van der Waals surface area contributed by atoms with E-state index in [4.69, 9.17) is 9.47 Å². The Hall–Kier alpha value is -1.22. The Kier molecular flexibility index (Phi) is 2.94. The monoisotopic (exact) mass is 247 g/mol.